The van der Waals surface area contributed by atoms with Gasteiger partial charge < -0.3 is 20.1 Å². The second-order valence-electron chi connectivity index (χ2n) is 5.26. The number of hydrogen-bond donors (Lipinski definition) is 1. The molecule has 0 saturated carbocycles. The monoisotopic (exact) mass is 285 g/mol. The van der Waals surface area contributed by atoms with Gasteiger partial charge in [0.1, 0.15) is 5.69 Å². The Kier molecular flexibility index (Phi) is 3.51. The molecular formula is C15H19N5O. The highest BCUT2D eigenvalue weighted by molar-refractivity contribution is 5.92. The number of nitrogen functional groups attached to an aromatic ring is 1. The number of hydrogen-bond acceptors (Lipinski definition) is 4. The summed E-state index contributed by atoms with van der Waals surface area (Å²) in [4.78, 5) is 20.5. The molecule has 6 nitrogen and oxygen atoms in total. The van der Waals surface area contributed by atoms with Crippen LogP contribution in [0.1, 0.15) is 10.5 Å². The minimum Gasteiger partial charge on any atom is -0.397 e. The first-order valence-corrected chi connectivity index (χ1v) is 7.02. The van der Waals surface area contributed by atoms with Crippen LogP contribution in [0.3, 0.4) is 0 Å². The third kappa shape index (κ3) is 2.69. The lowest BCUT2D eigenvalue weighted by molar-refractivity contribution is 0.0741. The van der Waals surface area contributed by atoms with Gasteiger partial charge in [-0.15, -0.1) is 0 Å². The largest absolute Gasteiger partial charge is 0.397 e. The lowest BCUT2D eigenvalue weighted by Gasteiger charge is -2.36. The second-order valence-corrected chi connectivity index (χ2v) is 5.26. The molecule has 21 heavy (non-hydrogen) atoms. The van der Waals surface area contributed by atoms with Crippen molar-refractivity contribution >= 4 is 17.3 Å². The van der Waals surface area contributed by atoms with Crippen LogP contribution in [0.4, 0.5) is 11.4 Å². The van der Waals surface area contributed by atoms with Crippen molar-refractivity contribution in [2.45, 2.75) is 0 Å². The molecule has 110 valence electrons. The van der Waals surface area contributed by atoms with E-state index >= 15 is 0 Å². The number of piperazine rings is 1. The Morgan fingerprint density at radius 2 is 1.90 bits per heavy atom. The summed E-state index contributed by atoms with van der Waals surface area (Å²) in [5, 5.41) is 0. The number of nitrogens with zero attached hydrogens (tertiary/aromatic N) is 4. The van der Waals surface area contributed by atoms with E-state index in [0.29, 0.717) is 18.8 Å². The average Bonchev–Trinajstić information content (AvgIpc) is 2.94. The summed E-state index contributed by atoms with van der Waals surface area (Å²) in [6, 6.07) is 7.84. The molecule has 1 saturated heterocycles. The number of rotatable bonds is 2. The Labute approximate surface area is 123 Å². The van der Waals surface area contributed by atoms with Gasteiger partial charge in [0.05, 0.1) is 17.7 Å². The van der Waals surface area contributed by atoms with Crippen LogP contribution in [0, 0.1) is 0 Å². The molecule has 1 aliphatic heterocycles. The predicted octanol–water partition coefficient (Wildman–Crippen LogP) is 0.965. The van der Waals surface area contributed by atoms with E-state index in [1.807, 2.05) is 36.2 Å². The van der Waals surface area contributed by atoms with Crippen molar-refractivity contribution < 1.29 is 4.79 Å². The first-order chi connectivity index (χ1) is 10.1. The van der Waals surface area contributed by atoms with E-state index in [1.54, 1.807) is 17.1 Å². The van der Waals surface area contributed by atoms with Crippen molar-refractivity contribution in [2.24, 2.45) is 7.05 Å². The third-order valence-electron chi connectivity index (χ3n) is 3.77. The summed E-state index contributed by atoms with van der Waals surface area (Å²) < 4.78 is 1.79. The first kappa shape index (κ1) is 13.5. The molecule has 6 heteroatoms. The molecule has 0 spiro atoms. The highest BCUT2D eigenvalue weighted by atomic mass is 16.2. The molecule has 1 aromatic carbocycles. The van der Waals surface area contributed by atoms with Crippen molar-refractivity contribution in [2.75, 3.05) is 36.8 Å². The maximum absolute atomic E-state index is 12.3. The van der Waals surface area contributed by atoms with Gasteiger partial charge in [-0.25, -0.2) is 4.98 Å². The number of para-hydroxylation sites is 2. The van der Waals surface area contributed by atoms with Gasteiger partial charge in [-0.3, -0.25) is 4.79 Å². The minimum atomic E-state index is -0.00344. The number of nitrogens with two attached hydrogens (primary N) is 1. The van der Waals surface area contributed by atoms with Crippen LogP contribution in [0.25, 0.3) is 0 Å². The molecule has 1 fully saturated rings. The van der Waals surface area contributed by atoms with Crippen LogP contribution >= 0.6 is 0 Å². The number of carbonyl (C=O) groups is 1. The van der Waals surface area contributed by atoms with Gasteiger partial charge in [0.15, 0.2) is 0 Å². The number of aromatic nitrogens is 2. The van der Waals surface area contributed by atoms with Gasteiger partial charge in [-0.05, 0) is 12.1 Å². The molecule has 0 unspecified atom stereocenters. The zero-order valence-corrected chi connectivity index (χ0v) is 12.1. The fourth-order valence-electron chi connectivity index (χ4n) is 2.61. The summed E-state index contributed by atoms with van der Waals surface area (Å²) in [6.45, 7) is 2.94. The van der Waals surface area contributed by atoms with E-state index in [0.717, 1.165) is 24.5 Å². The molecule has 0 bridgehead atoms. The second kappa shape index (κ2) is 5.47. The molecule has 2 heterocycles. The van der Waals surface area contributed by atoms with Crippen LogP contribution in [-0.2, 0) is 7.05 Å². The van der Waals surface area contributed by atoms with Gasteiger partial charge in [-0.1, -0.05) is 12.1 Å². The molecular weight excluding hydrogens is 266 g/mol. The van der Waals surface area contributed by atoms with E-state index in [2.05, 4.69) is 9.88 Å². The zero-order chi connectivity index (χ0) is 14.8. The Bertz CT molecular complexity index is 643. The molecule has 1 amide bonds. The molecule has 1 aliphatic rings. The van der Waals surface area contributed by atoms with Gasteiger partial charge >= 0.3 is 0 Å². The number of imidazole rings is 1. The third-order valence-corrected chi connectivity index (χ3v) is 3.77. The standard InChI is InChI=1S/C15H19N5O/c1-18-10-13(17-11-18)15(21)20-8-6-19(7-9-20)14-5-3-2-4-12(14)16/h2-5,10-11H,6-9,16H2,1H3. The van der Waals surface area contributed by atoms with Crippen molar-refractivity contribution in [1.29, 1.82) is 0 Å². The van der Waals surface area contributed by atoms with Crippen LogP contribution < -0.4 is 10.6 Å². The Morgan fingerprint density at radius 1 is 1.19 bits per heavy atom. The topological polar surface area (TPSA) is 67.4 Å². The molecule has 0 aliphatic carbocycles. The van der Waals surface area contributed by atoms with Crippen molar-refractivity contribution in [3.63, 3.8) is 0 Å². The highest BCUT2D eigenvalue weighted by Crippen LogP contribution is 2.23. The van der Waals surface area contributed by atoms with E-state index in [9.17, 15) is 4.79 Å². The maximum atomic E-state index is 12.3. The van der Waals surface area contributed by atoms with Crippen molar-refractivity contribution in [3.8, 4) is 0 Å². The number of benzene rings is 1. The van der Waals surface area contributed by atoms with Crippen LogP contribution in [0.2, 0.25) is 0 Å². The van der Waals surface area contributed by atoms with E-state index in [1.165, 1.54) is 0 Å². The molecule has 2 aromatic rings. The summed E-state index contributed by atoms with van der Waals surface area (Å²) >= 11 is 0. The fraction of sp³-hybridized carbons (Fsp3) is 0.333. The van der Waals surface area contributed by atoms with Crippen molar-refractivity contribution in [3.05, 3.63) is 42.5 Å². The lowest BCUT2D eigenvalue weighted by Crippen LogP contribution is -2.49. The lowest BCUT2D eigenvalue weighted by atomic mass is 10.2. The zero-order valence-electron chi connectivity index (χ0n) is 12.1. The number of carbonyl (C=O) groups excluding carboxylic acids is 1. The van der Waals surface area contributed by atoms with E-state index in [-0.39, 0.29) is 5.91 Å². The van der Waals surface area contributed by atoms with Gasteiger partial charge in [0.25, 0.3) is 5.91 Å². The molecule has 0 radical (unpaired) electrons. The van der Waals surface area contributed by atoms with Gasteiger partial charge in [0, 0.05) is 39.4 Å². The Balaban J connectivity index is 1.65. The maximum Gasteiger partial charge on any atom is 0.274 e. The van der Waals surface area contributed by atoms with Crippen LogP contribution in [0.15, 0.2) is 36.8 Å². The van der Waals surface area contributed by atoms with Gasteiger partial charge in [-0.2, -0.15) is 0 Å². The Hall–Kier alpha value is -2.50. The number of anilines is 2. The van der Waals surface area contributed by atoms with Crippen LogP contribution in [0.5, 0.6) is 0 Å². The Morgan fingerprint density at radius 3 is 2.52 bits per heavy atom. The fourth-order valence-corrected chi connectivity index (χ4v) is 2.61. The number of amides is 1. The van der Waals surface area contributed by atoms with E-state index in [4.69, 9.17) is 5.73 Å². The molecule has 3 rings (SSSR count). The smallest absolute Gasteiger partial charge is 0.274 e. The van der Waals surface area contributed by atoms with Crippen LogP contribution in [-0.4, -0.2) is 46.5 Å². The van der Waals surface area contributed by atoms with E-state index < -0.39 is 0 Å². The normalized spacial score (nSPS) is 15.3. The molecule has 2 N–H and O–H groups in total. The summed E-state index contributed by atoms with van der Waals surface area (Å²) in [5.74, 6) is -0.00344. The minimum absolute atomic E-state index is 0.00344. The first-order valence-electron chi connectivity index (χ1n) is 7.02. The molecule has 0 atom stereocenters. The van der Waals surface area contributed by atoms with Crippen molar-refractivity contribution in [1.82, 2.24) is 14.5 Å². The van der Waals surface area contributed by atoms with Gasteiger partial charge in [0.2, 0.25) is 0 Å². The highest BCUT2D eigenvalue weighted by Gasteiger charge is 2.24. The SMILES string of the molecule is Cn1cnc(C(=O)N2CCN(c3ccccc3N)CC2)c1. The summed E-state index contributed by atoms with van der Waals surface area (Å²) in [6.07, 6.45) is 3.40. The average molecular weight is 285 g/mol. The summed E-state index contributed by atoms with van der Waals surface area (Å²) in [7, 11) is 1.86. The molecule has 1 aromatic heterocycles. The predicted molar refractivity (Wildman–Crippen MR) is 82.2 cm³/mol. The summed E-state index contributed by atoms with van der Waals surface area (Å²) in [5.41, 5.74) is 8.33. The number of aryl methyl sites for hydroxylation is 1. The quantitative estimate of drug-likeness (QED) is 0.835.